The van der Waals surface area contributed by atoms with Gasteiger partial charge in [-0.2, -0.15) is 0 Å². The Hall–Kier alpha value is -1.34. The number of anilines is 2. The number of thiocarbonyl (C=S) groups is 1. The van der Waals surface area contributed by atoms with E-state index >= 15 is 0 Å². The molecule has 98 valence electrons. The van der Waals surface area contributed by atoms with Gasteiger partial charge in [-0.1, -0.05) is 6.07 Å². The SMILES string of the molecule is CS(=O)(=O)N1CCCc2ccc(NC(N)=S)cc21. The van der Waals surface area contributed by atoms with Gasteiger partial charge in [-0.15, -0.1) is 0 Å². The lowest BCUT2D eigenvalue weighted by molar-refractivity contribution is 0.592. The van der Waals surface area contributed by atoms with Gasteiger partial charge in [0.25, 0.3) is 0 Å². The first-order chi connectivity index (χ1) is 8.38. The Labute approximate surface area is 112 Å². The summed E-state index contributed by atoms with van der Waals surface area (Å²) in [7, 11) is -3.24. The molecule has 3 N–H and O–H groups in total. The highest BCUT2D eigenvalue weighted by atomic mass is 32.2. The van der Waals surface area contributed by atoms with E-state index in [9.17, 15) is 8.42 Å². The summed E-state index contributed by atoms with van der Waals surface area (Å²) in [6, 6.07) is 5.53. The number of nitrogens with one attached hydrogen (secondary N) is 1. The maximum atomic E-state index is 11.7. The Morgan fingerprint density at radius 3 is 2.83 bits per heavy atom. The topological polar surface area (TPSA) is 75.4 Å². The number of fused-ring (bicyclic) bond motifs is 1. The minimum absolute atomic E-state index is 0.164. The number of aryl methyl sites for hydroxylation is 1. The van der Waals surface area contributed by atoms with Crippen LogP contribution in [0.3, 0.4) is 0 Å². The van der Waals surface area contributed by atoms with Gasteiger partial charge in [0.15, 0.2) is 5.11 Å². The van der Waals surface area contributed by atoms with E-state index in [-0.39, 0.29) is 5.11 Å². The van der Waals surface area contributed by atoms with Crippen molar-refractivity contribution in [2.75, 3.05) is 22.4 Å². The molecular weight excluding hydrogens is 270 g/mol. The predicted octanol–water partition coefficient (Wildman–Crippen LogP) is 1.05. The summed E-state index contributed by atoms with van der Waals surface area (Å²) in [5, 5.41) is 2.98. The van der Waals surface area contributed by atoms with Crippen molar-refractivity contribution >= 4 is 38.7 Å². The highest BCUT2D eigenvalue weighted by molar-refractivity contribution is 7.92. The van der Waals surface area contributed by atoms with E-state index in [1.165, 1.54) is 10.6 Å². The minimum Gasteiger partial charge on any atom is -0.376 e. The third kappa shape index (κ3) is 2.73. The molecule has 7 heteroatoms. The average Bonchev–Trinajstić information content (AvgIpc) is 2.26. The van der Waals surface area contributed by atoms with Crippen LogP contribution in [0.15, 0.2) is 18.2 Å². The second-order valence-corrected chi connectivity index (χ2v) is 6.62. The number of nitrogens with zero attached hydrogens (tertiary/aromatic N) is 1. The fraction of sp³-hybridized carbons (Fsp3) is 0.364. The number of nitrogens with two attached hydrogens (primary N) is 1. The van der Waals surface area contributed by atoms with E-state index < -0.39 is 10.0 Å². The molecule has 0 saturated heterocycles. The molecule has 0 amide bonds. The molecule has 0 saturated carbocycles. The summed E-state index contributed by atoms with van der Waals surface area (Å²) in [4.78, 5) is 0. The molecular formula is C11H15N3O2S2. The van der Waals surface area contributed by atoms with Crippen molar-refractivity contribution in [2.24, 2.45) is 5.73 Å². The quantitative estimate of drug-likeness (QED) is 0.795. The van der Waals surface area contributed by atoms with Crippen molar-refractivity contribution in [3.63, 3.8) is 0 Å². The molecule has 1 aliphatic heterocycles. The maximum Gasteiger partial charge on any atom is 0.232 e. The van der Waals surface area contributed by atoms with Crippen LogP contribution < -0.4 is 15.4 Å². The van der Waals surface area contributed by atoms with Gasteiger partial charge in [0.05, 0.1) is 11.9 Å². The number of hydrogen-bond donors (Lipinski definition) is 2. The van der Waals surface area contributed by atoms with Crippen molar-refractivity contribution in [2.45, 2.75) is 12.8 Å². The Bertz CT molecular complexity index is 584. The molecule has 0 atom stereocenters. The van der Waals surface area contributed by atoms with Crippen LogP contribution in [0.2, 0.25) is 0 Å². The van der Waals surface area contributed by atoms with Gasteiger partial charge in [0, 0.05) is 12.2 Å². The summed E-state index contributed by atoms with van der Waals surface area (Å²) >= 11 is 4.77. The first-order valence-electron chi connectivity index (χ1n) is 5.55. The Kier molecular flexibility index (Phi) is 3.45. The molecule has 0 aliphatic carbocycles. The summed E-state index contributed by atoms with van der Waals surface area (Å²) < 4.78 is 24.9. The molecule has 0 fully saturated rings. The van der Waals surface area contributed by atoms with Gasteiger partial charge in [0.1, 0.15) is 0 Å². The lowest BCUT2D eigenvalue weighted by Gasteiger charge is -2.29. The van der Waals surface area contributed by atoms with Crippen LogP contribution in [0.1, 0.15) is 12.0 Å². The molecule has 0 aromatic heterocycles. The molecule has 0 bridgehead atoms. The van der Waals surface area contributed by atoms with E-state index in [0.717, 1.165) is 18.4 Å². The molecule has 5 nitrogen and oxygen atoms in total. The molecule has 0 spiro atoms. The van der Waals surface area contributed by atoms with Crippen LogP contribution in [0.25, 0.3) is 0 Å². The molecule has 1 aromatic carbocycles. The zero-order chi connectivity index (χ0) is 13.3. The number of benzene rings is 1. The zero-order valence-corrected chi connectivity index (χ0v) is 11.6. The molecule has 1 aromatic rings. The van der Waals surface area contributed by atoms with E-state index in [4.69, 9.17) is 18.0 Å². The third-order valence-corrected chi connectivity index (χ3v) is 4.11. The molecule has 18 heavy (non-hydrogen) atoms. The fourth-order valence-corrected chi connectivity index (χ4v) is 3.21. The third-order valence-electron chi connectivity index (χ3n) is 2.83. The van der Waals surface area contributed by atoms with Crippen LogP contribution in [0, 0.1) is 0 Å². The van der Waals surface area contributed by atoms with Gasteiger partial charge in [0.2, 0.25) is 10.0 Å². The molecule has 2 rings (SSSR count). The van der Waals surface area contributed by atoms with E-state index in [0.29, 0.717) is 17.9 Å². The minimum atomic E-state index is -3.24. The van der Waals surface area contributed by atoms with Gasteiger partial charge >= 0.3 is 0 Å². The standard InChI is InChI=1S/C11H15N3O2S2/c1-18(15,16)14-6-2-3-8-4-5-9(7-10(8)14)13-11(12)17/h4-5,7H,2-3,6H2,1H3,(H3,12,13,17). The van der Waals surface area contributed by atoms with Gasteiger partial charge in [-0.3, -0.25) is 4.31 Å². The maximum absolute atomic E-state index is 11.7. The van der Waals surface area contributed by atoms with Gasteiger partial charge < -0.3 is 11.1 Å². The van der Waals surface area contributed by atoms with Crippen molar-refractivity contribution in [3.05, 3.63) is 23.8 Å². The molecule has 0 unspecified atom stereocenters. The summed E-state index contributed by atoms with van der Waals surface area (Å²) in [6.07, 6.45) is 2.94. The largest absolute Gasteiger partial charge is 0.376 e. The Balaban J connectivity index is 2.44. The fourth-order valence-electron chi connectivity index (χ4n) is 2.11. The second kappa shape index (κ2) is 4.74. The molecule has 1 aliphatic rings. The average molecular weight is 285 g/mol. The first kappa shape index (κ1) is 13.1. The van der Waals surface area contributed by atoms with Crippen LogP contribution in [-0.4, -0.2) is 26.3 Å². The summed E-state index contributed by atoms with van der Waals surface area (Å²) in [5.74, 6) is 0. The van der Waals surface area contributed by atoms with Crippen LogP contribution in [-0.2, 0) is 16.4 Å². The summed E-state index contributed by atoms with van der Waals surface area (Å²) in [5.41, 5.74) is 7.86. The van der Waals surface area contributed by atoms with Crippen LogP contribution in [0.4, 0.5) is 11.4 Å². The number of sulfonamides is 1. The van der Waals surface area contributed by atoms with E-state index in [2.05, 4.69) is 5.32 Å². The Morgan fingerprint density at radius 1 is 1.50 bits per heavy atom. The predicted molar refractivity (Wildman–Crippen MR) is 77.4 cm³/mol. The summed E-state index contributed by atoms with van der Waals surface area (Å²) in [6.45, 7) is 0.516. The number of hydrogen-bond acceptors (Lipinski definition) is 3. The Morgan fingerprint density at radius 2 is 2.22 bits per heavy atom. The monoisotopic (exact) mass is 285 g/mol. The lowest BCUT2D eigenvalue weighted by Crippen LogP contribution is -2.34. The van der Waals surface area contributed by atoms with Crippen molar-refractivity contribution in [3.8, 4) is 0 Å². The molecule has 1 heterocycles. The normalized spacial score (nSPS) is 15.1. The smallest absolute Gasteiger partial charge is 0.232 e. The highest BCUT2D eigenvalue weighted by Gasteiger charge is 2.24. The van der Waals surface area contributed by atoms with E-state index in [1.807, 2.05) is 12.1 Å². The van der Waals surface area contributed by atoms with Crippen LogP contribution >= 0.6 is 12.2 Å². The molecule has 0 radical (unpaired) electrons. The highest BCUT2D eigenvalue weighted by Crippen LogP contribution is 2.31. The lowest BCUT2D eigenvalue weighted by atomic mass is 10.0. The number of rotatable bonds is 2. The van der Waals surface area contributed by atoms with Gasteiger partial charge in [-0.25, -0.2) is 8.42 Å². The van der Waals surface area contributed by atoms with Crippen molar-refractivity contribution < 1.29 is 8.42 Å². The second-order valence-electron chi connectivity index (χ2n) is 4.27. The van der Waals surface area contributed by atoms with Crippen molar-refractivity contribution in [1.29, 1.82) is 0 Å². The van der Waals surface area contributed by atoms with Crippen molar-refractivity contribution in [1.82, 2.24) is 0 Å². The zero-order valence-electron chi connectivity index (χ0n) is 10.0. The van der Waals surface area contributed by atoms with E-state index in [1.54, 1.807) is 6.07 Å². The van der Waals surface area contributed by atoms with Crippen LogP contribution in [0.5, 0.6) is 0 Å². The first-order valence-corrected chi connectivity index (χ1v) is 7.80. The van der Waals surface area contributed by atoms with Gasteiger partial charge in [-0.05, 0) is 42.8 Å².